The van der Waals surface area contributed by atoms with Crippen molar-refractivity contribution in [3.05, 3.63) is 53.4 Å². The van der Waals surface area contributed by atoms with E-state index in [0.29, 0.717) is 17.3 Å². The van der Waals surface area contributed by atoms with Crippen LogP contribution < -0.4 is 10.1 Å². The van der Waals surface area contributed by atoms with Crippen molar-refractivity contribution in [3.63, 3.8) is 0 Å². The fourth-order valence-electron chi connectivity index (χ4n) is 1.76. The standard InChI is InChI=1S/C15H18ClNO3/c1-11(14-7-4-8-19-14)17-9-12(18)10-20-15-6-3-2-5-13(15)16/h2-8,11-12,17-18H,9-10H2,1H3/t11-,12?/m1/s1. The summed E-state index contributed by atoms with van der Waals surface area (Å²) in [6, 6.07) is 11.0. The number of para-hydroxylation sites is 1. The number of furan rings is 1. The van der Waals surface area contributed by atoms with E-state index in [1.807, 2.05) is 31.2 Å². The van der Waals surface area contributed by atoms with Crippen LogP contribution in [0.1, 0.15) is 18.7 Å². The molecule has 20 heavy (non-hydrogen) atoms. The van der Waals surface area contributed by atoms with Crippen LogP contribution in [0.5, 0.6) is 5.75 Å². The van der Waals surface area contributed by atoms with E-state index in [-0.39, 0.29) is 12.6 Å². The van der Waals surface area contributed by atoms with E-state index < -0.39 is 6.10 Å². The molecule has 0 aliphatic rings. The van der Waals surface area contributed by atoms with Gasteiger partial charge in [-0.3, -0.25) is 0 Å². The van der Waals surface area contributed by atoms with Crippen molar-refractivity contribution in [2.75, 3.05) is 13.2 Å². The molecule has 0 bridgehead atoms. The number of rotatable bonds is 7. The lowest BCUT2D eigenvalue weighted by atomic mass is 10.2. The summed E-state index contributed by atoms with van der Waals surface area (Å²) in [5.41, 5.74) is 0. The van der Waals surface area contributed by atoms with E-state index in [0.717, 1.165) is 5.76 Å². The van der Waals surface area contributed by atoms with Gasteiger partial charge in [0.15, 0.2) is 0 Å². The molecule has 0 spiro atoms. The Bertz CT molecular complexity index is 516. The Morgan fingerprint density at radius 3 is 2.80 bits per heavy atom. The molecule has 1 aromatic heterocycles. The first-order valence-electron chi connectivity index (χ1n) is 6.49. The molecular weight excluding hydrogens is 278 g/mol. The zero-order chi connectivity index (χ0) is 14.4. The van der Waals surface area contributed by atoms with Gasteiger partial charge < -0.3 is 19.6 Å². The maximum atomic E-state index is 9.89. The average molecular weight is 296 g/mol. The van der Waals surface area contributed by atoms with Crippen LogP contribution in [0.25, 0.3) is 0 Å². The number of hydrogen-bond donors (Lipinski definition) is 2. The summed E-state index contributed by atoms with van der Waals surface area (Å²) in [4.78, 5) is 0. The molecule has 2 atom stereocenters. The summed E-state index contributed by atoms with van der Waals surface area (Å²) in [6.07, 6.45) is 1.01. The predicted octanol–water partition coefficient (Wildman–Crippen LogP) is 3.02. The van der Waals surface area contributed by atoms with Crippen LogP contribution in [0.2, 0.25) is 5.02 Å². The number of aliphatic hydroxyl groups excluding tert-OH is 1. The van der Waals surface area contributed by atoms with Gasteiger partial charge in [-0.1, -0.05) is 23.7 Å². The maximum absolute atomic E-state index is 9.89. The summed E-state index contributed by atoms with van der Waals surface area (Å²) in [6.45, 7) is 2.56. The van der Waals surface area contributed by atoms with Gasteiger partial charge in [-0.05, 0) is 31.2 Å². The average Bonchev–Trinajstić information content (AvgIpc) is 2.98. The molecule has 4 nitrogen and oxygen atoms in total. The SMILES string of the molecule is C[C@@H](NCC(O)COc1ccccc1Cl)c1ccco1. The second-order valence-corrected chi connectivity index (χ2v) is 4.95. The van der Waals surface area contributed by atoms with E-state index in [1.165, 1.54) is 0 Å². The van der Waals surface area contributed by atoms with E-state index in [4.69, 9.17) is 20.8 Å². The molecule has 0 aliphatic carbocycles. The molecule has 108 valence electrons. The number of nitrogens with one attached hydrogen (secondary N) is 1. The minimum Gasteiger partial charge on any atom is -0.489 e. The van der Waals surface area contributed by atoms with Gasteiger partial charge in [0, 0.05) is 6.54 Å². The van der Waals surface area contributed by atoms with E-state index in [9.17, 15) is 5.11 Å². The predicted molar refractivity (Wildman–Crippen MR) is 78.1 cm³/mol. The molecule has 2 N–H and O–H groups in total. The van der Waals surface area contributed by atoms with Crippen LogP contribution in [0.3, 0.4) is 0 Å². The molecular formula is C15H18ClNO3. The lowest BCUT2D eigenvalue weighted by Crippen LogP contribution is -2.32. The molecule has 2 rings (SSSR count). The van der Waals surface area contributed by atoms with Gasteiger partial charge in [-0.25, -0.2) is 0 Å². The molecule has 5 heteroatoms. The molecule has 0 saturated heterocycles. The summed E-state index contributed by atoms with van der Waals surface area (Å²) < 4.78 is 10.8. The zero-order valence-electron chi connectivity index (χ0n) is 11.3. The van der Waals surface area contributed by atoms with E-state index >= 15 is 0 Å². The molecule has 0 aliphatic heterocycles. The Labute approximate surface area is 123 Å². The van der Waals surface area contributed by atoms with E-state index in [2.05, 4.69) is 5.32 Å². The quantitative estimate of drug-likeness (QED) is 0.824. The van der Waals surface area contributed by atoms with Crippen molar-refractivity contribution in [1.82, 2.24) is 5.32 Å². The molecule has 1 heterocycles. The van der Waals surface area contributed by atoms with Gasteiger partial charge in [-0.15, -0.1) is 0 Å². The van der Waals surface area contributed by atoms with Gasteiger partial charge in [0.25, 0.3) is 0 Å². The molecule has 1 unspecified atom stereocenters. The Morgan fingerprint density at radius 2 is 2.10 bits per heavy atom. The first-order chi connectivity index (χ1) is 9.66. The first-order valence-corrected chi connectivity index (χ1v) is 6.87. The van der Waals surface area contributed by atoms with Crippen LogP contribution in [0, 0.1) is 0 Å². The van der Waals surface area contributed by atoms with Crippen molar-refractivity contribution < 1.29 is 14.3 Å². The highest BCUT2D eigenvalue weighted by atomic mass is 35.5. The van der Waals surface area contributed by atoms with Crippen LogP contribution in [0.15, 0.2) is 47.1 Å². The maximum Gasteiger partial charge on any atom is 0.138 e. The van der Waals surface area contributed by atoms with Gasteiger partial charge in [-0.2, -0.15) is 0 Å². The smallest absolute Gasteiger partial charge is 0.138 e. The van der Waals surface area contributed by atoms with E-state index in [1.54, 1.807) is 18.4 Å². The number of ether oxygens (including phenoxy) is 1. The minimum atomic E-state index is -0.622. The zero-order valence-corrected chi connectivity index (χ0v) is 12.0. The Hall–Kier alpha value is -1.49. The minimum absolute atomic E-state index is 0.0416. The van der Waals surface area contributed by atoms with Crippen molar-refractivity contribution in [3.8, 4) is 5.75 Å². The lowest BCUT2D eigenvalue weighted by molar-refractivity contribution is 0.103. The highest BCUT2D eigenvalue weighted by Gasteiger charge is 2.11. The third kappa shape index (κ3) is 4.27. The highest BCUT2D eigenvalue weighted by Crippen LogP contribution is 2.23. The lowest BCUT2D eigenvalue weighted by Gasteiger charge is -2.16. The third-order valence-electron chi connectivity index (χ3n) is 2.90. The van der Waals surface area contributed by atoms with Crippen molar-refractivity contribution in [2.45, 2.75) is 19.1 Å². The molecule has 0 radical (unpaired) electrons. The van der Waals surface area contributed by atoms with Crippen LogP contribution in [0.4, 0.5) is 0 Å². The van der Waals surface area contributed by atoms with Gasteiger partial charge >= 0.3 is 0 Å². The van der Waals surface area contributed by atoms with Crippen molar-refractivity contribution >= 4 is 11.6 Å². The fraction of sp³-hybridized carbons (Fsp3) is 0.333. The van der Waals surface area contributed by atoms with Crippen LogP contribution >= 0.6 is 11.6 Å². The van der Waals surface area contributed by atoms with Crippen LogP contribution in [-0.2, 0) is 0 Å². The second-order valence-electron chi connectivity index (χ2n) is 4.54. The van der Waals surface area contributed by atoms with Crippen molar-refractivity contribution in [1.29, 1.82) is 0 Å². The molecule has 0 amide bonds. The van der Waals surface area contributed by atoms with Gasteiger partial charge in [0.05, 0.1) is 17.3 Å². The Kier molecular flexibility index (Phi) is 5.47. The number of hydrogen-bond acceptors (Lipinski definition) is 4. The monoisotopic (exact) mass is 295 g/mol. The Morgan fingerprint density at radius 1 is 1.30 bits per heavy atom. The highest BCUT2D eigenvalue weighted by molar-refractivity contribution is 6.32. The fourth-order valence-corrected chi connectivity index (χ4v) is 1.95. The normalized spacial score (nSPS) is 13.9. The summed E-state index contributed by atoms with van der Waals surface area (Å²) in [7, 11) is 0. The molecule has 0 saturated carbocycles. The van der Waals surface area contributed by atoms with Gasteiger partial charge in [0.1, 0.15) is 24.2 Å². The second kappa shape index (κ2) is 7.33. The van der Waals surface area contributed by atoms with Gasteiger partial charge in [0.2, 0.25) is 0 Å². The largest absolute Gasteiger partial charge is 0.489 e. The topological polar surface area (TPSA) is 54.6 Å². The summed E-state index contributed by atoms with van der Waals surface area (Å²) in [5, 5.41) is 13.6. The third-order valence-corrected chi connectivity index (χ3v) is 3.21. The molecule has 1 aromatic carbocycles. The van der Waals surface area contributed by atoms with Crippen molar-refractivity contribution in [2.24, 2.45) is 0 Å². The molecule has 0 fully saturated rings. The molecule has 2 aromatic rings. The summed E-state index contributed by atoms with van der Waals surface area (Å²) in [5.74, 6) is 1.41. The number of aliphatic hydroxyl groups is 1. The summed E-state index contributed by atoms with van der Waals surface area (Å²) >= 11 is 5.97. The number of benzene rings is 1. The van der Waals surface area contributed by atoms with Crippen LogP contribution in [-0.4, -0.2) is 24.4 Å². The first kappa shape index (κ1) is 14.9. The number of halogens is 1. The Balaban J connectivity index is 1.73.